The van der Waals surface area contributed by atoms with Crippen LogP contribution in [0, 0.1) is 10.1 Å². The third-order valence-corrected chi connectivity index (χ3v) is 3.98. The van der Waals surface area contributed by atoms with Gasteiger partial charge in [-0.1, -0.05) is 0 Å². The van der Waals surface area contributed by atoms with E-state index in [0.717, 1.165) is 0 Å². The van der Waals surface area contributed by atoms with E-state index in [9.17, 15) is 19.7 Å². The first-order chi connectivity index (χ1) is 12.4. The summed E-state index contributed by atoms with van der Waals surface area (Å²) in [6, 6.07) is 5.79. The van der Waals surface area contributed by atoms with Crippen molar-refractivity contribution in [3.05, 3.63) is 52.3 Å². The standard InChI is InChI=1S/C16H16N4O6/c21-15(22)7-14-10-18(5-6-26-14)16(23)11-8-17-19(9-11)12-1-3-13(4-2-12)20(24)25/h1-4,8-9,14H,5-7,10H2,(H,21,22). The number of non-ortho nitro benzene ring substituents is 1. The lowest BCUT2D eigenvalue weighted by Gasteiger charge is -2.32. The lowest BCUT2D eigenvalue weighted by molar-refractivity contribution is -0.384. The normalized spacial score (nSPS) is 17.1. The molecule has 0 saturated carbocycles. The number of hydrogen-bond acceptors (Lipinski definition) is 6. The molecule has 1 unspecified atom stereocenters. The van der Waals surface area contributed by atoms with Gasteiger partial charge < -0.3 is 14.7 Å². The van der Waals surface area contributed by atoms with E-state index in [4.69, 9.17) is 9.84 Å². The van der Waals surface area contributed by atoms with E-state index in [1.165, 1.54) is 46.2 Å². The van der Waals surface area contributed by atoms with Crippen molar-refractivity contribution in [2.24, 2.45) is 0 Å². The quantitative estimate of drug-likeness (QED) is 0.624. The first kappa shape index (κ1) is 17.5. The van der Waals surface area contributed by atoms with Gasteiger partial charge in [-0.3, -0.25) is 19.7 Å². The van der Waals surface area contributed by atoms with Crippen LogP contribution in [0.15, 0.2) is 36.7 Å². The molecule has 1 aliphatic rings. The SMILES string of the molecule is O=C(O)CC1CN(C(=O)c2cnn(-c3ccc([N+](=O)[O-])cc3)c2)CCO1. The fourth-order valence-electron chi connectivity index (χ4n) is 2.71. The zero-order valence-electron chi connectivity index (χ0n) is 13.6. The molecule has 0 radical (unpaired) electrons. The molecule has 1 aromatic heterocycles. The first-order valence-corrected chi connectivity index (χ1v) is 7.86. The van der Waals surface area contributed by atoms with Gasteiger partial charge in [0.1, 0.15) is 0 Å². The van der Waals surface area contributed by atoms with Crippen molar-refractivity contribution < 1.29 is 24.4 Å². The van der Waals surface area contributed by atoms with Crippen LogP contribution in [-0.4, -0.2) is 62.4 Å². The van der Waals surface area contributed by atoms with Crippen molar-refractivity contribution in [3.8, 4) is 5.69 Å². The molecule has 1 aromatic carbocycles. The fraction of sp³-hybridized carbons (Fsp3) is 0.312. The summed E-state index contributed by atoms with van der Waals surface area (Å²) in [5.74, 6) is -1.24. The van der Waals surface area contributed by atoms with Crippen LogP contribution >= 0.6 is 0 Å². The van der Waals surface area contributed by atoms with E-state index in [-0.39, 0.29) is 31.2 Å². The fourth-order valence-corrected chi connectivity index (χ4v) is 2.71. The zero-order chi connectivity index (χ0) is 18.7. The monoisotopic (exact) mass is 360 g/mol. The number of hydrogen-bond donors (Lipinski definition) is 1. The lowest BCUT2D eigenvalue weighted by atomic mass is 10.2. The predicted molar refractivity (Wildman–Crippen MR) is 88.1 cm³/mol. The Bertz CT molecular complexity index is 832. The zero-order valence-corrected chi connectivity index (χ0v) is 13.6. The molecule has 0 aliphatic carbocycles. The van der Waals surface area contributed by atoms with Gasteiger partial charge in [-0.25, -0.2) is 4.68 Å². The second kappa shape index (κ2) is 7.31. The molecule has 1 fully saturated rings. The number of nitro benzene ring substituents is 1. The predicted octanol–water partition coefficient (Wildman–Crippen LogP) is 1.10. The van der Waals surface area contributed by atoms with Crippen molar-refractivity contribution >= 4 is 17.6 Å². The highest BCUT2D eigenvalue weighted by atomic mass is 16.6. The van der Waals surface area contributed by atoms with Crippen molar-refractivity contribution in [2.45, 2.75) is 12.5 Å². The molecule has 10 heteroatoms. The Morgan fingerprint density at radius 3 is 2.73 bits per heavy atom. The molecular formula is C16H16N4O6. The smallest absolute Gasteiger partial charge is 0.306 e. The number of carboxylic acids is 1. The van der Waals surface area contributed by atoms with E-state index >= 15 is 0 Å². The minimum Gasteiger partial charge on any atom is -0.481 e. The maximum absolute atomic E-state index is 12.6. The van der Waals surface area contributed by atoms with Gasteiger partial charge in [0, 0.05) is 31.4 Å². The summed E-state index contributed by atoms with van der Waals surface area (Å²) < 4.78 is 6.81. The number of aliphatic carboxylic acids is 1. The van der Waals surface area contributed by atoms with Gasteiger partial charge in [0.05, 0.1) is 41.5 Å². The summed E-state index contributed by atoms with van der Waals surface area (Å²) in [6.45, 7) is 0.853. The third kappa shape index (κ3) is 3.86. The van der Waals surface area contributed by atoms with Crippen molar-refractivity contribution in [1.29, 1.82) is 0 Å². The number of carbonyl (C=O) groups excluding carboxylic acids is 1. The summed E-state index contributed by atoms with van der Waals surface area (Å²) in [4.78, 5) is 35.1. The maximum atomic E-state index is 12.6. The van der Waals surface area contributed by atoms with Gasteiger partial charge in [0.15, 0.2) is 0 Å². The van der Waals surface area contributed by atoms with Crippen molar-refractivity contribution in [1.82, 2.24) is 14.7 Å². The number of morpholine rings is 1. The minimum atomic E-state index is -0.977. The number of nitro groups is 1. The van der Waals surface area contributed by atoms with Crippen LogP contribution in [0.4, 0.5) is 5.69 Å². The van der Waals surface area contributed by atoms with Gasteiger partial charge in [-0.2, -0.15) is 5.10 Å². The average Bonchev–Trinajstić information content (AvgIpc) is 3.11. The molecule has 0 bridgehead atoms. The van der Waals surface area contributed by atoms with E-state index < -0.39 is 17.0 Å². The summed E-state index contributed by atoms with van der Waals surface area (Å²) in [6.07, 6.45) is 2.25. The van der Waals surface area contributed by atoms with E-state index in [1.54, 1.807) is 0 Å². The van der Waals surface area contributed by atoms with Crippen molar-refractivity contribution in [3.63, 3.8) is 0 Å². The van der Waals surface area contributed by atoms with E-state index in [2.05, 4.69) is 5.10 Å². The molecule has 3 rings (SSSR count). The molecule has 136 valence electrons. The number of amides is 1. The molecule has 1 atom stereocenters. The molecule has 10 nitrogen and oxygen atoms in total. The van der Waals surface area contributed by atoms with Crippen LogP contribution in [0.1, 0.15) is 16.8 Å². The highest BCUT2D eigenvalue weighted by Crippen LogP contribution is 2.17. The Balaban J connectivity index is 1.71. The van der Waals surface area contributed by atoms with Crippen LogP contribution in [-0.2, 0) is 9.53 Å². The molecule has 1 saturated heterocycles. The third-order valence-electron chi connectivity index (χ3n) is 3.98. The largest absolute Gasteiger partial charge is 0.481 e. The van der Waals surface area contributed by atoms with Gasteiger partial charge in [-0.05, 0) is 12.1 Å². The molecule has 26 heavy (non-hydrogen) atoms. The Labute approximate surface area is 147 Å². The van der Waals surface area contributed by atoms with Crippen LogP contribution < -0.4 is 0 Å². The molecule has 1 amide bonds. The second-order valence-corrected chi connectivity index (χ2v) is 5.79. The van der Waals surface area contributed by atoms with Crippen molar-refractivity contribution in [2.75, 3.05) is 19.7 Å². The molecule has 0 spiro atoms. The van der Waals surface area contributed by atoms with Gasteiger partial charge >= 0.3 is 5.97 Å². The molecule has 2 aromatic rings. The number of ether oxygens (including phenoxy) is 1. The summed E-state index contributed by atoms with van der Waals surface area (Å²) in [5.41, 5.74) is 0.898. The van der Waals surface area contributed by atoms with Gasteiger partial charge in [0.25, 0.3) is 11.6 Å². The Morgan fingerprint density at radius 1 is 1.35 bits per heavy atom. The Hall–Kier alpha value is -3.27. The number of aromatic nitrogens is 2. The number of benzene rings is 1. The number of carboxylic acid groups (broad SMARTS) is 1. The van der Waals surface area contributed by atoms with Crippen LogP contribution in [0.3, 0.4) is 0 Å². The highest BCUT2D eigenvalue weighted by molar-refractivity contribution is 5.94. The Kier molecular flexibility index (Phi) is 4.94. The lowest BCUT2D eigenvalue weighted by Crippen LogP contribution is -2.46. The Morgan fingerprint density at radius 2 is 2.08 bits per heavy atom. The molecule has 2 heterocycles. The van der Waals surface area contributed by atoms with Crippen LogP contribution in [0.2, 0.25) is 0 Å². The summed E-state index contributed by atoms with van der Waals surface area (Å²) in [5, 5.41) is 23.7. The van der Waals surface area contributed by atoms with E-state index in [1.807, 2.05) is 0 Å². The molecular weight excluding hydrogens is 344 g/mol. The highest BCUT2D eigenvalue weighted by Gasteiger charge is 2.27. The van der Waals surface area contributed by atoms with Crippen LogP contribution in [0.25, 0.3) is 5.69 Å². The van der Waals surface area contributed by atoms with Gasteiger partial charge in [-0.15, -0.1) is 0 Å². The number of nitrogens with zero attached hydrogens (tertiary/aromatic N) is 4. The molecule has 1 aliphatic heterocycles. The van der Waals surface area contributed by atoms with Gasteiger partial charge in [0.2, 0.25) is 0 Å². The molecule has 1 N–H and O–H groups in total. The topological polar surface area (TPSA) is 128 Å². The average molecular weight is 360 g/mol. The summed E-state index contributed by atoms with van der Waals surface area (Å²) in [7, 11) is 0. The summed E-state index contributed by atoms with van der Waals surface area (Å²) >= 11 is 0. The maximum Gasteiger partial charge on any atom is 0.306 e. The number of carbonyl (C=O) groups is 2. The second-order valence-electron chi connectivity index (χ2n) is 5.79. The first-order valence-electron chi connectivity index (χ1n) is 7.86. The van der Waals surface area contributed by atoms with Crippen LogP contribution in [0.5, 0.6) is 0 Å². The minimum absolute atomic E-state index is 0.0324. The number of rotatable bonds is 5. The van der Waals surface area contributed by atoms with E-state index in [0.29, 0.717) is 17.8 Å².